The van der Waals surface area contributed by atoms with Crippen LogP contribution >= 0.6 is 0 Å². The summed E-state index contributed by atoms with van der Waals surface area (Å²) in [6.07, 6.45) is 9.94. The Hall–Kier alpha value is -0.720. The fourth-order valence-electron chi connectivity index (χ4n) is 1.94. The lowest BCUT2D eigenvalue weighted by Gasteiger charge is -2.26. The van der Waals surface area contributed by atoms with Gasteiger partial charge in [0.05, 0.1) is 0 Å². The SMILES string of the molecule is CN1C=CC2=C(CCCC2)C1. The van der Waals surface area contributed by atoms with Crippen LogP contribution in [-0.4, -0.2) is 18.5 Å². The Balaban J connectivity index is 2.20. The minimum absolute atomic E-state index is 1.17. The molecule has 0 N–H and O–H groups in total. The molecule has 60 valence electrons. The van der Waals surface area contributed by atoms with E-state index in [1.165, 1.54) is 32.2 Å². The van der Waals surface area contributed by atoms with Gasteiger partial charge in [-0.2, -0.15) is 0 Å². The van der Waals surface area contributed by atoms with Gasteiger partial charge < -0.3 is 4.90 Å². The van der Waals surface area contributed by atoms with Gasteiger partial charge in [0.25, 0.3) is 0 Å². The highest BCUT2D eigenvalue weighted by atomic mass is 15.1. The minimum atomic E-state index is 1.17. The van der Waals surface area contributed by atoms with Crippen molar-refractivity contribution >= 4 is 0 Å². The Labute approximate surface area is 68.4 Å². The molecule has 0 fully saturated rings. The van der Waals surface area contributed by atoms with E-state index >= 15 is 0 Å². The zero-order valence-electron chi connectivity index (χ0n) is 7.14. The van der Waals surface area contributed by atoms with E-state index in [4.69, 9.17) is 0 Å². The molecule has 11 heavy (non-hydrogen) atoms. The summed E-state index contributed by atoms with van der Waals surface area (Å²) in [5.74, 6) is 0. The van der Waals surface area contributed by atoms with E-state index in [1.54, 1.807) is 11.1 Å². The molecule has 1 nitrogen and oxygen atoms in total. The summed E-state index contributed by atoms with van der Waals surface area (Å²) in [7, 11) is 2.15. The van der Waals surface area contributed by atoms with E-state index < -0.39 is 0 Å². The molecule has 0 spiro atoms. The maximum absolute atomic E-state index is 2.29. The van der Waals surface area contributed by atoms with Crippen LogP contribution in [0.2, 0.25) is 0 Å². The van der Waals surface area contributed by atoms with Crippen LogP contribution < -0.4 is 0 Å². The Morgan fingerprint density at radius 3 is 3.00 bits per heavy atom. The number of nitrogens with zero attached hydrogens (tertiary/aromatic N) is 1. The fraction of sp³-hybridized carbons (Fsp3) is 0.600. The molecule has 0 radical (unpaired) electrons. The van der Waals surface area contributed by atoms with Crippen molar-refractivity contribution in [2.24, 2.45) is 0 Å². The number of rotatable bonds is 0. The predicted octanol–water partition coefficient (Wildman–Crippen LogP) is 2.32. The average molecular weight is 149 g/mol. The quantitative estimate of drug-likeness (QED) is 0.511. The van der Waals surface area contributed by atoms with E-state index in [9.17, 15) is 0 Å². The Morgan fingerprint density at radius 1 is 1.27 bits per heavy atom. The zero-order chi connectivity index (χ0) is 7.68. The molecule has 0 amide bonds. The van der Waals surface area contributed by atoms with Gasteiger partial charge in [-0.1, -0.05) is 0 Å². The molecule has 1 heterocycles. The molecule has 0 aromatic heterocycles. The van der Waals surface area contributed by atoms with E-state index in [2.05, 4.69) is 24.2 Å². The first-order valence-electron chi connectivity index (χ1n) is 4.45. The minimum Gasteiger partial charge on any atom is -0.376 e. The van der Waals surface area contributed by atoms with Crippen LogP contribution in [0.25, 0.3) is 0 Å². The molecule has 0 saturated heterocycles. The van der Waals surface area contributed by atoms with Crippen LogP contribution in [0.5, 0.6) is 0 Å². The van der Waals surface area contributed by atoms with Crippen LogP contribution in [0.15, 0.2) is 23.4 Å². The van der Waals surface area contributed by atoms with Crippen LogP contribution in [0.1, 0.15) is 25.7 Å². The third kappa shape index (κ3) is 1.32. The first kappa shape index (κ1) is 6.96. The van der Waals surface area contributed by atoms with Gasteiger partial charge in [-0.05, 0) is 49.1 Å². The molecular weight excluding hydrogens is 134 g/mol. The molecule has 0 saturated carbocycles. The molecular formula is C10H15N. The summed E-state index contributed by atoms with van der Waals surface area (Å²) >= 11 is 0. The second-order valence-electron chi connectivity index (χ2n) is 3.57. The van der Waals surface area contributed by atoms with Gasteiger partial charge >= 0.3 is 0 Å². The largest absolute Gasteiger partial charge is 0.376 e. The molecule has 0 atom stereocenters. The van der Waals surface area contributed by atoms with Gasteiger partial charge in [-0.15, -0.1) is 0 Å². The number of hydrogen-bond donors (Lipinski definition) is 0. The van der Waals surface area contributed by atoms with Gasteiger partial charge in [-0.3, -0.25) is 0 Å². The lowest BCUT2D eigenvalue weighted by Crippen LogP contribution is -2.20. The first-order valence-corrected chi connectivity index (χ1v) is 4.45. The summed E-state index contributed by atoms with van der Waals surface area (Å²) in [6, 6.07) is 0. The Morgan fingerprint density at radius 2 is 2.09 bits per heavy atom. The van der Waals surface area contributed by atoms with Crippen molar-refractivity contribution in [1.82, 2.24) is 4.90 Å². The first-order chi connectivity index (χ1) is 5.36. The van der Waals surface area contributed by atoms with E-state index in [0.717, 1.165) is 0 Å². The monoisotopic (exact) mass is 149 g/mol. The van der Waals surface area contributed by atoms with Gasteiger partial charge in [0.15, 0.2) is 0 Å². The molecule has 2 aliphatic rings. The standard InChI is InChI=1S/C10H15N/c1-11-7-6-9-4-2-3-5-10(9)8-11/h6-7H,2-5,8H2,1H3. The van der Waals surface area contributed by atoms with Gasteiger partial charge in [0.1, 0.15) is 0 Å². The van der Waals surface area contributed by atoms with E-state index in [1.807, 2.05) is 0 Å². The fourth-order valence-corrected chi connectivity index (χ4v) is 1.94. The third-order valence-electron chi connectivity index (χ3n) is 2.60. The van der Waals surface area contributed by atoms with Crippen molar-refractivity contribution in [3.05, 3.63) is 23.4 Å². The number of likely N-dealkylation sites (N-methyl/N-ethyl adjacent to an activating group) is 1. The van der Waals surface area contributed by atoms with Gasteiger partial charge in [0, 0.05) is 13.6 Å². The Bertz CT molecular complexity index is 213. The lowest BCUT2D eigenvalue weighted by molar-refractivity contribution is 0.464. The van der Waals surface area contributed by atoms with Crippen molar-refractivity contribution in [2.45, 2.75) is 25.7 Å². The lowest BCUT2D eigenvalue weighted by atomic mass is 9.90. The summed E-state index contributed by atoms with van der Waals surface area (Å²) < 4.78 is 0. The van der Waals surface area contributed by atoms with Crippen molar-refractivity contribution in [3.8, 4) is 0 Å². The molecule has 1 aliphatic carbocycles. The Kier molecular flexibility index (Phi) is 1.72. The molecule has 0 unspecified atom stereocenters. The number of allylic oxidation sites excluding steroid dienone is 2. The van der Waals surface area contributed by atoms with Gasteiger partial charge in [0.2, 0.25) is 0 Å². The summed E-state index contributed by atoms with van der Waals surface area (Å²) in [6.45, 7) is 1.17. The highest BCUT2D eigenvalue weighted by Crippen LogP contribution is 2.28. The summed E-state index contributed by atoms with van der Waals surface area (Å²) in [4.78, 5) is 2.27. The zero-order valence-corrected chi connectivity index (χ0v) is 7.14. The van der Waals surface area contributed by atoms with Crippen LogP contribution in [-0.2, 0) is 0 Å². The second-order valence-corrected chi connectivity index (χ2v) is 3.57. The predicted molar refractivity (Wildman–Crippen MR) is 47.3 cm³/mol. The maximum Gasteiger partial charge on any atom is 0.0385 e. The smallest absolute Gasteiger partial charge is 0.0385 e. The molecule has 1 heteroatoms. The number of hydrogen-bond acceptors (Lipinski definition) is 1. The van der Waals surface area contributed by atoms with Gasteiger partial charge in [-0.25, -0.2) is 0 Å². The van der Waals surface area contributed by atoms with E-state index in [0.29, 0.717) is 0 Å². The van der Waals surface area contributed by atoms with Crippen LogP contribution in [0, 0.1) is 0 Å². The van der Waals surface area contributed by atoms with Crippen LogP contribution in [0.4, 0.5) is 0 Å². The highest BCUT2D eigenvalue weighted by molar-refractivity contribution is 5.31. The molecule has 0 aromatic rings. The van der Waals surface area contributed by atoms with Crippen molar-refractivity contribution < 1.29 is 0 Å². The third-order valence-corrected chi connectivity index (χ3v) is 2.60. The van der Waals surface area contributed by atoms with Crippen LogP contribution in [0.3, 0.4) is 0 Å². The summed E-state index contributed by atoms with van der Waals surface area (Å²) in [5.41, 5.74) is 3.30. The maximum atomic E-state index is 2.29. The highest BCUT2D eigenvalue weighted by Gasteiger charge is 2.14. The van der Waals surface area contributed by atoms with Crippen molar-refractivity contribution in [1.29, 1.82) is 0 Å². The van der Waals surface area contributed by atoms with Crippen molar-refractivity contribution in [2.75, 3.05) is 13.6 Å². The van der Waals surface area contributed by atoms with E-state index in [-0.39, 0.29) is 0 Å². The second kappa shape index (κ2) is 2.72. The molecule has 0 aromatic carbocycles. The molecule has 0 bridgehead atoms. The topological polar surface area (TPSA) is 3.24 Å². The van der Waals surface area contributed by atoms with Crippen molar-refractivity contribution in [3.63, 3.8) is 0 Å². The molecule has 2 rings (SSSR count). The molecule has 1 aliphatic heterocycles. The normalized spacial score (nSPS) is 23.9. The summed E-state index contributed by atoms with van der Waals surface area (Å²) in [5, 5.41) is 0. The average Bonchev–Trinajstić information content (AvgIpc) is 2.04.